The summed E-state index contributed by atoms with van der Waals surface area (Å²) in [6.45, 7) is 5.84. The Labute approximate surface area is 168 Å². The average molecular weight is 416 g/mol. The SMILES string of the molecule is Cc1cc(C)cc(-c2nc(S(=O)(=O)c3ccc(F)cc3)c(N3CCOCC3)o2)c1. The summed E-state index contributed by atoms with van der Waals surface area (Å²) in [5.41, 5.74) is 2.75. The zero-order valence-corrected chi connectivity index (χ0v) is 17.0. The lowest BCUT2D eigenvalue weighted by Crippen LogP contribution is -2.36. The first-order chi connectivity index (χ1) is 13.8. The molecule has 3 aromatic rings. The Balaban J connectivity index is 1.87. The second-order valence-corrected chi connectivity index (χ2v) is 8.93. The van der Waals surface area contributed by atoms with Gasteiger partial charge in [-0.25, -0.2) is 12.8 Å². The lowest BCUT2D eigenvalue weighted by atomic mass is 10.1. The van der Waals surface area contributed by atoms with E-state index in [9.17, 15) is 12.8 Å². The Kier molecular flexibility index (Phi) is 5.14. The standard InChI is InChI=1S/C21H21FN2O4S/c1-14-11-15(2)13-16(12-14)19-23-20(21(28-19)24-7-9-27-10-8-24)29(25,26)18-5-3-17(22)4-6-18/h3-6,11-13H,7-10H2,1-2H3. The quantitative estimate of drug-likeness (QED) is 0.603. The molecule has 0 radical (unpaired) electrons. The summed E-state index contributed by atoms with van der Waals surface area (Å²) < 4.78 is 51.2. The topological polar surface area (TPSA) is 72.6 Å². The summed E-state index contributed by atoms with van der Waals surface area (Å²) >= 11 is 0. The number of oxazole rings is 1. The van der Waals surface area contributed by atoms with Crippen LogP contribution in [-0.2, 0) is 14.6 Å². The zero-order valence-electron chi connectivity index (χ0n) is 16.2. The first-order valence-electron chi connectivity index (χ1n) is 9.27. The van der Waals surface area contributed by atoms with Crippen molar-refractivity contribution in [2.75, 3.05) is 31.2 Å². The first kappa shape index (κ1) is 19.6. The minimum absolute atomic E-state index is 0.0336. The van der Waals surface area contributed by atoms with Gasteiger partial charge < -0.3 is 14.1 Å². The van der Waals surface area contributed by atoms with Gasteiger partial charge in [-0.05, 0) is 50.2 Å². The minimum Gasteiger partial charge on any atom is -0.419 e. The van der Waals surface area contributed by atoms with Crippen molar-refractivity contribution in [1.29, 1.82) is 0 Å². The molecular weight excluding hydrogens is 395 g/mol. The van der Waals surface area contributed by atoms with Crippen LogP contribution in [0, 0.1) is 19.7 Å². The predicted octanol–water partition coefficient (Wildman–Crippen LogP) is 3.77. The van der Waals surface area contributed by atoms with E-state index in [0.29, 0.717) is 31.9 Å². The number of ether oxygens (including phenoxy) is 1. The van der Waals surface area contributed by atoms with E-state index in [1.165, 1.54) is 12.1 Å². The maximum Gasteiger partial charge on any atom is 0.236 e. The van der Waals surface area contributed by atoms with Gasteiger partial charge in [0.1, 0.15) is 5.82 Å². The summed E-state index contributed by atoms with van der Waals surface area (Å²) in [5, 5.41) is -0.167. The lowest BCUT2D eigenvalue weighted by molar-refractivity contribution is 0.120. The molecule has 2 heterocycles. The molecule has 29 heavy (non-hydrogen) atoms. The predicted molar refractivity (Wildman–Crippen MR) is 106 cm³/mol. The van der Waals surface area contributed by atoms with Crippen LogP contribution in [0.25, 0.3) is 11.5 Å². The van der Waals surface area contributed by atoms with Gasteiger partial charge in [0, 0.05) is 18.7 Å². The molecular formula is C21H21FN2O4S. The molecule has 2 aromatic carbocycles. The van der Waals surface area contributed by atoms with Gasteiger partial charge in [-0.1, -0.05) is 17.2 Å². The molecule has 0 spiro atoms. The molecule has 8 heteroatoms. The van der Waals surface area contributed by atoms with Crippen LogP contribution in [0.3, 0.4) is 0 Å². The van der Waals surface area contributed by atoms with Gasteiger partial charge in [0.25, 0.3) is 0 Å². The van der Waals surface area contributed by atoms with Crippen molar-refractivity contribution in [3.63, 3.8) is 0 Å². The average Bonchev–Trinajstić information content (AvgIpc) is 3.15. The second-order valence-electron chi connectivity index (χ2n) is 7.06. The van der Waals surface area contributed by atoms with Gasteiger partial charge in [0.15, 0.2) is 0 Å². The van der Waals surface area contributed by atoms with Crippen LogP contribution in [0.15, 0.2) is 56.8 Å². The van der Waals surface area contributed by atoms with Gasteiger partial charge in [0.2, 0.25) is 26.6 Å². The fraction of sp³-hybridized carbons (Fsp3) is 0.286. The summed E-state index contributed by atoms with van der Waals surface area (Å²) in [7, 11) is -4.00. The van der Waals surface area contributed by atoms with Crippen LogP contribution in [0.4, 0.5) is 10.3 Å². The molecule has 4 rings (SSSR count). The van der Waals surface area contributed by atoms with Gasteiger partial charge in [-0.15, -0.1) is 0 Å². The molecule has 1 fully saturated rings. The number of benzene rings is 2. The fourth-order valence-electron chi connectivity index (χ4n) is 3.39. The Morgan fingerprint density at radius 1 is 1.00 bits per heavy atom. The van der Waals surface area contributed by atoms with Crippen molar-refractivity contribution in [2.45, 2.75) is 23.8 Å². The number of aryl methyl sites for hydroxylation is 2. The van der Waals surface area contributed by atoms with E-state index in [0.717, 1.165) is 23.3 Å². The fourth-order valence-corrected chi connectivity index (χ4v) is 4.71. The van der Waals surface area contributed by atoms with Gasteiger partial charge in [-0.3, -0.25) is 0 Å². The van der Waals surface area contributed by atoms with Gasteiger partial charge in [0.05, 0.1) is 18.1 Å². The number of anilines is 1. The Bertz CT molecular complexity index is 1110. The van der Waals surface area contributed by atoms with Crippen LogP contribution < -0.4 is 4.90 Å². The number of hydrogen-bond acceptors (Lipinski definition) is 6. The molecule has 1 aromatic heterocycles. The van der Waals surface area contributed by atoms with E-state index in [4.69, 9.17) is 9.15 Å². The third-order valence-corrected chi connectivity index (χ3v) is 6.39. The van der Waals surface area contributed by atoms with E-state index >= 15 is 0 Å². The molecule has 0 bridgehead atoms. The molecule has 0 aliphatic carbocycles. The highest BCUT2D eigenvalue weighted by atomic mass is 32.2. The molecule has 0 amide bonds. The molecule has 0 atom stereocenters. The number of rotatable bonds is 4. The van der Waals surface area contributed by atoms with Crippen molar-refractivity contribution in [3.8, 4) is 11.5 Å². The number of halogens is 1. The smallest absolute Gasteiger partial charge is 0.236 e. The minimum atomic E-state index is -4.00. The molecule has 0 N–H and O–H groups in total. The monoisotopic (exact) mass is 416 g/mol. The maximum atomic E-state index is 13.3. The Morgan fingerprint density at radius 3 is 2.24 bits per heavy atom. The number of morpholine rings is 1. The van der Waals surface area contributed by atoms with Crippen LogP contribution >= 0.6 is 0 Å². The molecule has 1 aliphatic rings. The van der Waals surface area contributed by atoms with E-state index < -0.39 is 15.7 Å². The highest BCUT2D eigenvalue weighted by molar-refractivity contribution is 7.91. The molecule has 0 unspecified atom stereocenters. The number of hydrogen-bond donors (Lipinski definition) is 0. The molecule has 1 aliphatic heterocycles. The lowest BCUT2D eigenvalue weighted by Gasteiger charge is -2.26. The molecule has 152 valence electrons. The molecule has 1 saturated heterocycles. The van der Waals surface area contributed by atoms with E-state index in [-0.39, 0.29) is 21.7 Å². The van der Waals surface area contributed by atoms with Crippen LogP contribution in [0.5, 0.6) is 0 Å². The maximum absolute atomic E-state index is 13.3. The normalized spacial score (nSPS) is 14.9. The van der Waals surface area contributed by atoms with Crippen LogP contribution in [0.1, 0.15) is 11.1 Å². The number of aromatic nitrogens is 1. The third-order valence-electron chi connectivity index (χ3n) is 4.72. The van der Waals surface area contributed by atoms with Gasteiger partial charge >= 0.3 is 0 Å². The second kappa shape index (κ2) is 7.61. The largest absolute Gasteiger partial charge is 0.419 e. The van der Waals surface area contributed by atoms with Crippen molar-refractivity contribution < 1.29 is 22.0 Å². The van der Waals surface area contributed by atoms with E-state index in [1.54, 1.807) is 0 Å². The van der Waals surface area contributed by atoms with E-state index in [1.807, 2.05) is 36.9 Å². The van der Waals surface area contributed by atoms with E-state index in [2.05, 4.69) is 4.98 Å². The van der Waals surface area contributed by atoms with Crippen LogP contribution in [-0.4, -0.2) is 39.7 Å². The number of sulfone groups is 1. The van der Waals surface area contributed by atoms with Crippen molar-refractivity contribution >= 4 is 15.7 Å². The van der Waals surface area contributed by atoms with Crippen molar-refractivity contribution in [3.05, 3.63) is 59.4 Å². The summed E-state index contributed by atoms with van der Waals surface area (Å²) in [6, 6.07) is 10.5. The number of nitrogens with zero attached hydrogens (tertiary/aromatic N) is 2. The van der Waals surface area contributed by atoms with Crippen molar-refractivity contribution in [2.24, 2.45) is 0 Å². The molecule has 0 saturated carbocycles. The zero-order chi connectivity index (χ0) is 20.6. The molecule has 6 nitrogen and oxygen atoms in total. The third kappa shape index (κ3) is 3.90. The Hall–Kier alpha value is -2.71. The highest BCUT2D eigenvalue weighted by Crippen LogP contribution is 2.35. The van der Waals surface area contributed by atoms with Crippen LogP contribution in [0.2, 0.25) is 0 Å². The van der Waals surface area contributed by atoms with Crippen molar-refractivity contribution in [1.82, 2.24) is 4.98 Å². The summed E-state index contributed by atoms with van der Waals surface area (Å²) in [6.07, 6.45) is 0. The summed E-state index contributed by atoms with van der Waals surface area (Å²) in [5.74, 6) is -0.0841. The first-order valence-corrected chi connectivity index (χ1v) is 10.8. The Morgan fingerprint density at radius 2 is 1.62 bits per heavy atom. The van der Waals surface area contributed by atoms with Gasteiger partial charge in [-0.2, -0.15) is 4.98 Å². The highest BCUT2D eigenvalue weighted by Gasteiger charge is 2.32. The summed E-state index contributed by atoms with van der Waals surface area (Å²) in [4.78, 5) is 6.16.